The van der Waals surface area contributed by atoms with Gasteiger partial charge in [-0.3, -0.25) is 18.9 Å². The summed E-state index contributed by atoms with van der Waals surface area (Å²) >= 11 is 0. The van der Waals surface area contributed by atoms with Crippen molar-refractivity contribution >= 4 is 42.2 Å². The van der Waals surface area contributed by atoms with Gasteiger partial charge in [0.05, 0.1) is 17.6 Å². The van der Waals surface area contributed by atoms with Crippen LogP contribution in [-0.2, 0) is 29.2 Å². The third kappa shape index (κ3) is 7.30. The van der Waals surface area contributed by atoms with Crippen molar-refractivity contribution in [2.45, 2.75) is 38.4 Å². The predicted octanol–water partition coefficient (Wildman–Crippen LogP) is 2.09. The molecule has 0 aromatic rings. The Balaban J connectivity index is 2.62. The van der Waals surface area contributed by atoms with Crippen molar-refractivity contribution < 1.29 is 39.6 Å². The Morgan fingerprint density at radius 2 is 1.71 bits per heavy atom. The van der Waals surface area contributed by atoms with Gasteiger partial charge in [-0.2, -0.15) is 16.8 Å². The minimum Gasteiger partial charge on any atom is -0.300 e. The Morgan fingerprint density at radius 3 is 2.21 bits per heavy atom. The molecule has 0 aliphatic heterocycles. The molecule has 2 unspecified atom stereocenters. The first kappa shape index (κ1) is 21.1. The summed E-state index contributed by atoms with van der Waals surface area (Å²) in [5.74, 6) is -5.12. The van der Waals surface area contributed by atoms with E-state index in [0.717, 1.165) is 0 Å². The standard InChI is InChI=1S/C12H17BF3O6PS/c14-23(15,20)13-7-11(18)9-4-1-3-8(12(9)19)10(17)5-2-6-24(16,21)22/h8-9,13H,1-7H2. The molecule has 0 spiro atoms. The predicted molar refractivity (Wildman–Crippen MR) is 81.8 cm³/mol. The highest BCUT2D eigenvalue weighted by molar-refractivity contribution is 7.86. The molecular weight excluding hydrogens is 371 g/mol. The number of rotatable bonds is 9. The maximum atomic E-state index is 12.4. The molecule has 0 amide bonds. The fraction of sp³-hybridized carbons (Fsp3) is 0.750. The zero-order chi connectivity index (χ0) is 18.5. The smallest absolute Gasteiger partial charge is 0.300 e. The number of hydrogen-bond acceptors (Lipinski definition) is 6. The first-order valence-corrected chi connectivity index (χ1v) is 10.6. The molecule has 0 aromatic heterocycles. The van der Waals surface area contributed by atoms with Crippen LogP contribution in [-0.4, -0.2) is 38.5 Å². The average molecular weight is 388 g/mol. The van der Waals surface area contributed by atoms with E-state index in [-0.39, 0.29) is 25.7 Å². The van der Waals surface area contributed by atoms with Crippen molar-refractivity contribution in [1.29, 1.82) is 0 Å². The molecule has 1 fully saturated rings. The quantitative estimate of drug-likeness (QED) is 0.259. The Kier molecular flexibility index (Phi) is 7.40. The molecule has 0 heterocycles. The van der Waals surface area contributed by atoms with Crippen molar-refractivity contribution in [1.82, 2.24) is 0 Å². The normalized spacial score (nSPS) is 22.2. The van der Waals surface area contributed by atoms with Crippen LogP contribution in [0.2, 0.25) is 6.32 Å². The van der Waals surface area contributed by atoms with E-state index in [2.05, 4.69) is 0 Å². The summed E-state index contributed by atoms with van der Waals surface area (Å²) < 4.78 is 68.2. The van der Waals surface area contributed by atoms with Crippen LogP contribution in [0.3, 0.4) is 0 Å². The average Bonchev–Trinajstić information content (AvgIpc) is 2.42. The van der Waals surface area contributed by atoms with E-state index in [1.54, 1.807) is 0 Å². The van der Waals surface area contributed by atoms with Crippen LogP contribution in [0.25, 0.3) is 0 Å². The minimum atomic E-state index is -5.35. The zero-order valence-corrected chi connectivity index (χ0v) is 14.5. The van der Waals surface area contributed by atoms with Crippen molar-refractivity contribution in [3.63, 3.8) is 0 Å². The van der Waals surface area contributed by atoms with Crippen LogP contribution in [0.15, 0.2) is 0 Å². The van der Waals surface area contributed by atoms with E-state index in [9.17, 15) is 39.6 Å². The number of carbonyl (C=O) groups is 3. The summed E-state index contributed by atoms with van der Waals surface area (Å²) in [6.45, 7) is -1.09. The fourth-order valence-corrected chi connectivity index (χ4v) is 3.67. The van der Waals surface area contributed by atoms with Crippen molar-refractivity contribution in [3.8, 4) is 0 Å². The summed E-state index contributed by atoms with van der Waals surface area (Å²) in [6.07, 6.45) is -0.583. The van der Waals surface area contributed by atoms with E-state index >= 15 is 0 Å². The third-order valence-corrected chi connectivity index (χ3v) is 5.40. The highest BCUT2D eigenvalue weighted by atomic mass is 32.3. The number of ketones is 3. The molecule has 0 bridgehead atoms. The van der Waals surface area contributed by atoms with Crippen molar-refractivity contribution in [2.24, 2.45) is 11.8 Å². The molecule has 136 valence electrons. The molecule has 0 aromatic carbocycles. The largest absolute Gasteiger partial charge is 0.348 e. The fourth-order valence-electron chi connectivity index (χ4n) is 2.70. The number of carbonyl (C=O) groups excluding carboxylic acids is 3. The molecule has 1 aliphatic rings. The number of hydrogen-bond donors (Lipinski definition) is 0. The van der Waals surface area contributed by atoms with Crippen molar-refractivity contribution in [3.05, 3.63) is 0 Å². The van der Waals surface area contributed by atoms with Gasteiger partial charge in [-0.25, -0.2) is 0 Å². The van der Waals surface area contributed by atoms with Gasteiger partial charge in [-0.1, -0.05) is 6.42 Å². The van der Waals surface area contributed by atoms with Crippen LogP contribution in [0.5, 0.6) is 0 Å². The molecule has 1 aliphatic carbocycles. The molecule has 12 heteroatoms. The second kappa shape index (κ2) is 8.42. The Hall–Kier alpha value is -0.955. The lowest BCUT2D eigenvalue weighted by Crippen LogP contribution is -2.38. The third-order valence-electron chi connectivity index (χ3n) is 3.88. The highest BCUT2D eigenvalue weighted by Gasteiger charge is 2.39. The van der Waals surface area contributed by atoms with Gasteiger partial charge in [-0.05, 0) is 25.6 Å². The van der Waals surface area contributed by atoms with E-state index < -0.39 is 66.1 Å². The van der Waals surface area contributed by atoms with Crippen molar-refractivity contribution in [2.75, 3.05) is 5.75 Å². The van der Waals surface area contributed by atoms with Gasteiger partial charge in [0, 0.05) is 6.42 Å². The Morgan fingerprint density at radius 1 is 1.17 bits per heavy atom. The van der Waals surface area contributed by atoms with Gasteiger partial charge in [0.2, 0.25) is 0 Å². The summed E-state index contributed by atoms with van der Waals surface area (Å²) in [7, 11) is -10.0. The molecule has 0 radical (unpaired) electrons. The number of halogens is 3. The van der Waals surface area contributed by atoms with E-state index in [0.29, 0.717) is 6.42 Å². The molecule has 0 saturated heterocycles. The summed E-state index contributed by atoms with van der Waals surface area (Å²) in [5, 5.41) is 0. The highest BCUT2D eigenvalue weighted by Crippen LogP contribution is 2.48. The Bertz CT molecular complexity index is 662. The maximum Gasteiger partial charge on any atom is 0.348 e. The van der Waals surface area contributed by atoms with Crippen LogP contribution in [0, 0.1) is 11.8 Å². The minimum absolute atomic E-state index is 0.142. The van der Waals surface area contributed by atoms with Crippen LogP contribution < -0.4 is 0 Å². The van der Waals surface area contributed by atoms with E-state index in [4.69, 9.17) is 0 Å². The molecule has 1 rings (SSSR count). The van der Waals surface area contributed by atoms with Gasteiger partial charge in [0.25, 0.3) is 7.00 Å². The van der Waals surface area contributed by atoms with Gasteiger partial charge in [0.15, 0.2) is 5.78 Å². The van der Waals surface area contributed by atoms with Crippen LogP contribution in [0.4, 0.5) is 12.3 Å². The van der Waals surface area contributed by atoms with Crippen LogP contribution in [0.1, 0.15) is 32.1 Å². The van der Waals surface area contributed by atoms with Gasteiger partial charge in [0.1, 0.15) is 11.6 Å². The Labute approximate surface area is 138 Å². The second-order valence-corrected chi connectivity index (χ2v) is 8.83. The molecule has 6 nitrogen and oxygen atoms in total. The molecule has 1 saturated carbocycles. The first-order valence-electron chi connectivity index (χ1n) is 7.40. The summed E-state index contributed by atoms with van der Waals surface area (Å²) in [4.78, 5) is 36.0. The summed E-state index contributed by atoms with van der Waals surface area (Å²) in [5.41, 5.74) is 0. The van der Waals surface area contributed by atoms with E-state index in [1.807, 2.05) is 0 Å². The monoisotopic (exact) mass is 388 g/mol. The lowest BCUT2D eigenvalue weighted by Gasteiger charge is -2.26. The lowest BCUT2D eigenvalue weighted by atomic mass is 9.73. The maximum absolute atomic E-state index is 12.4. The lowest BCUT2D eigenvalue weighted by molar-refractivity contribution is -0.140. The van der Waals surface area contributed by atoms with Gasteiger partial charge >= 0.3 is 17.9 Å². The van der Waals surface area contributed by atoms with Gasteiger partial charge in [-0.15, -0.1) is 3.89 Å². The molecule has 0 N–H and O–H groups in total. The zero-order valence-electron chi connectivity index (χ0n) is 12.8. The SMILES string of the molecule is O=C(CBP(=O)(F)F)C1CCCC(C(=O)CCCS(=O)(=O)F)C1=O. The molecule has 24 heavy (non-hydrogen) atoms. The first-order chi connectivity index (χ1) is 10.9. The van der Waals surface area contributed by atoms with Crippen LogP contribution >= 0.6 is 7.64 Å². The van der Waals surface area contributed by atoms with Gasteiger partial charge < -0.3 is 0 Å². The molecule has 2 atom stereocenters. The second-order valence-electron chi connectivity index (χ2n) is 5.76. The van der Waals surface area contributed by atoms with E-state index in [1.165, 1.54) is 0 Å². The topological polar surface area (TPSA) is 102 Å². The number of Topliss-reactive ketones (excluding diaryl/α,β-unsaturated/α-hetero) is 3. The molecular formula is C12H17BF3O6PS. The summed E-state index contributed by atoms with van der Waals surface area (Å²) in [6, 6.07) is 0.